The molecule has 8 heteroatoms. The molecule has 1 aromatic rings. The van der Waals surface area contributed by atoms with Crippen molar-refractivity contribution in [3.63, 3.8) is 0 Å². The predicted octanol–water partition coefficient (Wildman–Crippen LogP) is 1.79. The van der Waals surface area contributed by atoms with Gasteiger partial charge < -0.3 is 10.1 Å². The molecule has 1 N–H and O–H groups in total. The number of nitrogens with one attached hydrogen (secondary N) is 1. The zero-order chi connectivity index (χ0) is 17.9. The van der Waals surface area contributed by atoms with Crippen molar-refractivity contribution in [1.29, 1.82) is 5.26 Å². The molecule has 24 heavy (non-hydrogen) atoms. The Hall–Kier alpha value is -3.21. The molecule has 0 aliphatic carbocycles. The largest absolute Gasteiger partial charge is 0.463 e. The third-order valence-electron chi connectivity index (χ3n) is 3.74. The molecule has 1 aromatic carbocycles. The number of hydrogen-bond donors (Lipinski definition) is 1. The van der Waals surface area contributed by atoms with Crippen LogP contribution < -0.4 is 5.32 Å². The molecule has 2 atom stereocenters. The summed E-state index contributed by atoms with van der Waals surface area (Å²) in [5.41, 5.74) is 0.834. The van der Waals surface area contributed by atoms with Gasteiger partial charge >= 0.3 is 5.97 Å². The van der Waals surface area contributed by atoms with E-state index in [1.165, 1.54) is 24.3 Å². The number of non-ortho nitro benzene ring substituents is 1. The summed E-state index contributed by atoms with van der Waals surface area (Å²) in [5.74, 6) is -3.12. The molecule has 0 saturated heterocycles. The van der Waals surface area contributed by atoms with Crippen LogP contribution >= 0.6 is 0 Å². The van der Waals surface area contributed by atoms with Crippen LogP contribution in [0.15, 0.2) is 35.5 Å². The van der Waals surface area contributed by atoms with Crippen molar-refractivity contribution in [3.8, 4) is 6.07 Å². The van der Waals surface area contributed by atoms with Crippen molar-refractivity contribution >= 4 is 17.6 Å². The molecule has 124 valence electrons. The zero-order valence-electron chi connectivity index (χ0n) is 13.1. The molecule has 0 spiro atoms. The number of ether oxygens (including phenoxy) is 1. The lowest BCUT2D eigenvalue weighted by Crippen LogP contribution is -2.41. The maximum absolute atomic E-state index is 12.3. The summed E-state index contributed by atoms with van der Waals surface area (Å²) in [6, 6.07) is 7.33. The van der Waals surface area contributed by atoms with Gasteiger partial charge in [-0.25, -0.2) is 4.79 Å². The Bertz CT molecular complexity index is 761. The predicted molar refractivity (Wildman–Crippen MR) is 82.4 cm³/mol. The van der Waals surface area contributed by atoms with E-state index < -0.39 is 28.6 Å². The van der Waals surface area contributed by atoms with Crippen LogP contribution in [0.1, 0.15) is 25.3 Å². The van der Waals surface area contributed by atoms with E-state index in [1.54, 1.807) is 13.8 Å². The average molecular weight is 329 g/mol. The number of amides is 1. The Kier molecular flexibility index (Phi) is 4.94. The van der Waals surface area contributed by atoms with Gasteiger partial charge in [0.25, 0.3) is 5.69 Å². The molecule has 8 nitrogen and oxygen atoms in total. The molecule has 0 fully saturated rings. The first-order valence-corrected chi connectivity index (χ1v) is 7.23. The molecule has 1 aliphatic heterocycles. The molecule has 2 rings (SSSR count). The van der Waals surface area contributed by atoms with E-state index in [9.17, 15) is 25.0 Å². The monoisotopic (exact) mass is 329 g/mol. The summed E-state index contributed by atoms with van der Waals surface area (Å²) < 4.78 is 5.03. The summed E-state index contributed by atoms with van der Waals surface area (Å²) in [7, 11) is 0. The maximum atomic E-state index is 12.3. The lowest BCUT2D eigenvalue weighted by atomic mass is 9.77. The van der Waals surface area contributed by atoms with Crippen LogP contribution in [0.3, 0.4) is 0 Å². The number of esters is 1. The lowest BCUT2D eigenvalue weighted by molar-refractivity contribution is -0.384. The molecule has 0 bridgehead atoms. The standard InChI is InChI=1S/C16H15N3O5/c1-3-24-16(21)13-9(2)18-15(20)12(8-17)14(13)10-4-6-11(7-5-10)19(22)23/h4-7,12,14H,3H2,1-2H3,(H,18,20)/t12-,14+/m0/s1. The summed E-state index contributed by atoms with van der Waals surface area (Å²) >= 11 is 0. The minimum Gasteiger partial charge on any atom is -0.463 e. The molecule has 1 amide bonds. The number of rotatable bonds is 4. The number of benzene rings is 1. The van der Waals surface area contributed by atoms with Crippen molar-refractivity contribution < 1.29 is 19.2 Å². The molecule has 0 saturated carbocycles. The highest BCUT2D eigenvalue weighted by Crippen LogP contribution is 2.37. The molecule has 0 radical (unpaired) electrons. The number of allylic oxidation sites excluding steroid dienone is 1. The minimum absolute atomic E-state index is 0.120. The van der Waals surface area contributed by atoms with Crippen LogP contribution in [-0.4, -0.2) is 23.4 Å². The molecule has 0 unspecified atom stereocenters. The Morgan fingerprint density at radius 1 is 1.42 bits per heavy atom. The molecule has 1 aliphatic rings. The first-order chi connectivity index (χ1) is 11.4. The number of nitriles is 1. The fourth-order valence-corrected chi connectivity index (χ4v) is 2.67. The summed E-state index contributed by atoms with van der Waals surface area (Å²) in [6.45, 7) is 3.35. The summed E-state index contributed by atoms with van der Waals surface area (Å²) in [5, 5.41) is 22.6. The van der Waals surface area contributed by atoms with E-state index in [0.29, 0.717) is 11.3 Å². The van der Waals surface area contributed by atoms with Crippen LogP contribution in [-0.2, 0) is 14.3 Å². The smallest absolute Gasteiger partial charge is 0.336 e. The Morgan fingerprint density at radius 2 is 2.04 bits per heavy atom. The van der Waals surface area contributed by atoms with E-state index in [1.807, 2.05) is 6.07 Å². The number of carbonyl (C=O) groups excluding carboxylic acids is 2. The lowest BCUT2D eigenvalue weighted by Gasteiger charge is -2.30. The quantitative estimate of drug-likeness (QED) is 0.510. The third kappa shape index (κ3) is 3.10. The second-order valence-electron chi connectivity index (χ2n) is 5.18. The van der Waals surface area contributed by atoms with Crippen molar-refractivity contribution in [2.75, 3.05) is 6.61 Å². The topological polar surface area (TPSA) is 122 Å². The normalized spacial score (nSPS) is 20.1. The van der Waals surface area contributed by atoms with Gasteiger partial charge in [-0.15, -0.1) is 0 Å². The van der Waals surface area contributed by atoms with Crippen LogP contribution in [0.2, 0.25) is 0 Å². The zero-order valence-corrected chi connectivity index (χ0v) is 13.1. The number of hydrogen-bond acceptors (Lipinski definition) is 6. The molecular weight excluding hydrogens is 314 g/mol. The van der Waals surface area contributed by atoms with Gasteiger partial charge in [-0.05, 0) is 19.4 Å². The van der Waals surface area contributed by atoms with E-state index in [2.05, 4.69) is 5.32 Å². The first-order valence-electron chi connectivity index (χ1n) is 7.23. The highest BCUT2D eigenvalue weighted by molar-refractivity contribution is 5.97. The van der Waals surface area contributed by atoms with E-state index in [4.69, 9.17) is 4.74 Å². The van der Waals surface area contributed by atoms with Gasteiger partial charge in [-0.3, -0.25) is 14.9 Å². The number of carbonyl (C=O) groups is 2. The molecule has 1 heterocycles. The van der Waals surface area contributed by atoms with Gasteiger partial charge in [0.05, 0.1) is 23.2 Å². The highest BCUT2D eigenvalue weighted by atomic mass is 16.6. The molecule has 0 aromatic heterocycles. The van der Waals surface area contributed by atoms with Crippen molar-refractivity contribution in [1.82, 2.24) is 5.32 Å². The highest BCUT2D eigenvalue weighted by Gasteiger charge is 2.41. The summed E-state index contributed by atoms with van der Waals surface area (Å²) in [6.07, 6.45) is 0. The van der Waals surface area contributed by atoms with Crippen molar-refractivity contribution in [2.45, 2.75) is 19.8 Å². The Morgan fingerprint density at radius 3 is 2.54 bits per heavy atom. The third-order valence-corrected chi connectivity index (χ3v) is 3.74. The Balaban J connectivity index is 2.56. The fraction of sp³-hybridized carbons (Fsp3) is 0.312. The second kappa shape index (κ2) is 6.91. The van der Waals surface area contributed by atoms with E-state index in [0.717, 1.165) is 0 Å². The minimum atomic E-state index is -1.13. The average Bonchev–Trinajstić information content (AvgIpc) is 2.54. The van der Waals surface area contributed by atoms with E-state index >= 15 is 0 Å². The van der Waals surface area contributed by atoms with Crippen LogP contribution in [0.5, 0.6) is 0 Å². The van der Waals surface area contributed by atoms with Gasteiger partial charge in [-0.2, -0.15) is 5.26 Å². The maximum Gasteiger partial charge on any atom is 0.336 e. The Labute approximate surface area is 137 Å². The van der Waals surface area contributed by atoms with E-state index in [-0.39, 0.29) is 17.9 Å². The van der Waals surface area contributed by atoms with Crippen molar-refractivity contribution in [2.24, 2.45) is 5.92 Å². The van der Waals surface area contributed by atoms with Gasteiger partial charge in [0.2, 0.25) is 5.91 Å². The second-order valence-corrected chi connectivity index (χ2v) is 5.18. The van der Waals surface area contributed by atoms with Gasteiger partial charge in [0.1, 0.15) is 5.92 Å². The fourth-order valence-electron chi connectivity index (χ4n) is 2.67. The first kappa shape index (κ1) is 17.1. The van der Waals surface area contributed by atoms with Crippen molar-refractivity contribution in [3.05, 3.63) is 51.2 Å². The summed E-state index contributed by atoms with van der Waals surface area (Å²) in [4.78, 5) is 34.6. The van der Waals surface area contributed by atoms with Crippen LogP contribution in [0, 0.1) is 27.4 Å². The molecular formula is C16H15N3O5. The van der Waals surface area contributed by atoms with Gasteiger partial charge in [-0.1, -0.05) is 12.1 Å². The number of nitro benzene ring substituents is 1. The SMILES string of the molecule is CCOC(=O)C1=C(C)NC(=O)[C@@H](C#N)[C@H]1c1ccc([N+](=O)[O-])cc1. The van der Waals surface area contributed by atoms with Crippen LogP contribution in [0.4, 0.5) is 5.69 Å². The van der Waals surface area contributed by atoms with Crippen LogP contribution in [0.25, 0.3) is 0 Å². The van der Waals surface area contributed by atoms with Gasteiger partial charge in [0, 0.05) is 23.7 Å². The number of nitro groups is 1. The number of nitrogens with zero attached hydrogens (tertiary/aromatic N) is 2. The van der Waals surface area contributed by atoms with Gasteiger partial charge in [0.15, 0.2) is 0 Å².